The Morgan fingerprint density at radius 3 is 2.26 bits per heavy atom. The third kappa shape index (κ3) is 4.22. The molecule has 1 fully saturated rings. The van der Waals surface area contributed by atoms with Gasteiger partial charge in [0.1, 0.15) is 11.5 Å². The Kier molecular flexibility index (Phi) is 5.64. The van der Waals surface area contributed by atoms with Gasteiger partial charge in [0.25, 0.3) is 5.91 Å². The summed E-state index contributed by atoms with van der Waals surface area (Å²) < 4.78 is 10.8. The largest absolute Gasteiger partial charge is 0.497 e. The zero-order chi connectivity index (χ0) is 19.4. The first kappa shape index (κ1) is 18.8. The maximum atomic E-state index is 12.8. The van der Waals surface area contributed by atoms with E-state index in [-0.39, 0.29) is 18.4 Å². The minimum atomic E-state index is -0.886. The van der Waals surface area contributed by atoms with Gasteiger partial charge in [-0.25, -0.2) is 0 Å². The maximum Gasteiger partial charge on any atom is 0.308 e. The lowest BCUT2D eigenvalue weighted by Gasteiger charge is -2.22. The number of likely N-dealkylation sites (tertiary alicyclic amines) is 1. The van der Waals surface area contributed by atoms with Crippen molar-refractivity contribution < 1.29 is 24.2 Å². The van der Waals surface area contributed by atoms with Gasteiger partial charge < -0.3 is 19.5 Å². The second-order valence-electron chi connectivity index (χ2n) is 6.64. The number of aliphatic carboxylic acids is 1. The van der Waals surface area contributed by atoms with Gasteiger partial charge in [-0.15, -0.1) is 0 Å². The number of carboxylic acid groups (broad SMARTS) is 1. The maximum absolute atomic E-state index is 12.8. The van der Waals surface area contributed by atoms with Gasteiger partial charge in [-0.05, 0) is 36.8 Å². The van der Waals surface area contributed by atoms with E-state index in [2.05, 4.69) is 0 Å². The summed E-state index contributed by atoms with van der Waals surface area (Å²) in [6.07, 6.45) is -0.706. The monoisotopic (exact) mass is 369 g/mol. The van der Waals surface area contributed by atoms with E-state index >= 15 is 0 Å². The van der Waals surface area contributed by atoms with Crippen LogP contribution in [0.25, 0.3) is 0 Å². The summed E-state index contributed by atoms with van der Waals surface area (Å²) in [6, 6.07) is 16.5. The number of methoxy groups -OCH3 is 1. The van der Waals surface area contributed by atoms with E-state index in [1.54, 1.807) is 43.2 Å². The van der Waals surface area contributed by atoms with E-state index in [4.69, 9.17) is 9.47 Å². The lowest BCUT2D eigenvalue weighted by atomic mass is 9.89. The van der Waals surface area contributed by atoms with Gasteiger partial charge in [-0.2, -0.15) is 0 Å². The molecular weight excluding hydrogens is 346 g/mol. The number of hydrogen-bond donors (Lipinski definition) is 1. The summed E-state index contributed by atoms with van der Waals surface area (Å²) in [5, 5.41) is 9.59. The molecule has 1 N–H and O–H groups in total. The number of carbonyl (C=O) groups is 2. The van der Waals surface area contributed by atoms with Gasteiger partial charge in [0, 0.05) is 19.0 Å². The molecule has 3 rings (SSSR count). The van der Waals surface area contributed by atoms with E-state index in [1.807, 2.05) is 30.3 Å². The van der Waals surface area contributed by atoms with Crippen molar-refractivity contribution in [1.29, 1.82) is 0 Å². The van der Waals surface area contributed by atoms with Crippen LogP contribution in [0.4, 0.5) is 0 Å². The first-order valence-electron chi connectivity index (χ1n) is 8.87. The summed E-state index contributed by atoms with van der Waals surface area (Å²) in [5.74, 6) is -0.676. The number of ether oxygens (including phenoxy) is 2. The van der Waals surface area contributed by atoms with Gasteiger partial charge >= 0.3 is 5.97 Å². The minimum absolute atomic E-state index is 0.185. The van der Waals surface area contributed by atoms with Crippen LogP contribution in [0.5, 0.6) is 11.5 Å². The molecule has 1 saturated heterocycles. The Hall–Kier alpha value is -3.02. The SMILES string of the molecule is COc1ccc(OC(C)C(=O)N2CC(C(=O)O)C(c3ccccc3)C2)cc1. The molecule has 0 aliphatic carbocycles. The van der Waals surface area contributed by atoms with Crippen molar-refractivity contribution in [2.75, 3.05) is 20.2 Å². The molecular formula is C21H23NO5. The Labute approximate surface area is 158 Å². The Balaban J connectivity index is 1.69. The normalized spacial score (nSPS) is 20.1. The zero-order valence-corrected chi connectivity index (χ0v) is 15.4. The van der Waals surface area contributed by atoms with Gasteiger partial charge in [0.2, 0.25) is 0 Å². The second-order valence-corrected chi connectivity index (χ2v) is 6.64. The summed E-state index contributed by atoms with van der Waals surface area (Å²) in [6.45, 7) is 2.23. The Bertz CT molecular complexity index is 790. The van der Waals surface area contributed by atoms with Crippen LogP contribution in [-0.2, 0) is 9.59 Å². The molecule has 142 valence electrons. The number of benzene rings is 2. The molecule has 0 saturated carbocycles. The van der Waals surface area contributed by atoms with Crippen LogP contribution < -0.4 is 9.47 Å². The first-order chi connectivity index (χ1) is 13.0. The standard InChI is InChI=1S/C21H23NO5/c1-14(27-17-10-8-16(26-2)9-11-17)20(23)22-12-18(19(13-22)21(24)25)15-6-4-3-5-7-15/h3-11,14,18-19H,12-13H2,1-2H3,(H,24,25). The molecule has 6 heteroatoms. The number of rotatable bonds is 6. The molecule has 0 bridgehead atoms. The molecule has 3 atom stereocenters. The molecule has 3 unspecified atom stereocenters. The number of amides is 1. The second kappa shape index (κ2) is 8.12. The molecule has 2 aromatic rings. The van der Waals surface area contributed by atoms with Crippen molar-refractivity contribution >= 4 is 11.9 Å². The number of hydrogen-bond acceptors (Lipinski definition) is 4. The fourth-order valence-corrected chi connectivity index (χ4v) is 3.44. The van der Waals surface area contributed by atoms with E-state index in [0.717, 1.165) is 5.56 Å². The van der Waals surface area contributed by atoms with Crippen molar-refractivity contribution in [3.63, 3.8) is 0 Å². The van der Waals surface area contributed by atoms with Crippen molar-refractivity contribution in [2.24, 2.45) is 5.92 Å². The van der Waals surface area contributed by atoms with Gasteiger partial charge in [-0.1, -0.05) is 30.3 Å². The molecule has 1 aliphatic rings. The average molecular weight is 369 g/mol. The smallest absolute Gasteiger partial charge is 0.308 e. The number of nitrogens with zero attached hydrogens (tertiary/aromatic N) is 1. The summed E-state index contributed by atoms with van der Waals surface area (Å²) in [7, 11) is 1.58. The number of carboxylic acids is 1. The lowest BCUT2D eigenvalue weighted by molar-refractivity contribution is -0.142. The topological polar surface area (TPSA) is 76.1 Å². The summed E-state index contributed by atoms with van der Waals surface area (Å²) in [5.41, 5.74) is 0.934. The lowest BCUT2D eigenvalue weighted by Crippen LogP contribution is -2.39. The number of carbonyl (C=O) groups excluding carboxylic acids is 1. The Morgan fingerprint density at radius 2 is 1.67 bits per heavy atom. The molecule has 1 heterocycles. The quantitative estimate of drug-likeness (QED) is 0.847. The fraction of sp³-hybridized carbons (Fsp3) is 0.333. The molecule has 1 amide bonds. The highest BCUT2D eigenvalue weighted by Crippen LogP contribution is 2.33. The Morgan fingerprint density at radius 1 is 1.04 bits per heavy atom. The van der Waals surface area contributed by atoms with Crippen molar-refractivity contribution in [3.8, 4) is 11.5 Å². The molecule has 1 aliphatic heterocycles. The minimum Gasteiger partial charge on any atom is -0.497 e. The molecule has 6 nitrogen and oxygen atoms in total. The predicted molar refractivity (Wildman–Crippen MR) is 100.0 cm³/mol. The van der Waals surface area contributed by atoms with Crippen LogP contribution >= 0.6 is 0 Å². The van der Waals surface area contributed by atoms with Gasteiger partial charge in [-0.3, -0.25) is 9.59 Å². The average Bonchev–Trinajstić information content (AvgIpc) is 3.14. The van der Waals surface area contributed by atoms with Crippen LogP contribution in [0.3, 0.4) is 0 Å². The molecule has 27 heavy (non-hydrogen) atoms. The van der Waals surface area contributed by atoms with Crippen LogP contribution in [-0.4, -0.2) is 48.2 Å². The van der Waals surface area contributed by atoms with Crippen molar-refractivity contribution in [3.05, 3.63) is 60.2 Å². The zero-order valence-electron chi connectivity index (χ0n) is 15.4. The molecule has 0 spiro atoms. The van der Waals surface area contributed by atoms with Gasteiger partial charge in [0.15, 0.2) is 6.10 Å². The third-order valence-electron chi connectivity index (χ3n) is 4.90. The predicted octanol–water partition coefficient (Wildman–Crippen LogP) is 2.79. The molecule has 0 radical (unpaired) electrons. The van der Waals surface area contributed by atoms with E-state index in [1.165, 1.54) is 0 Å². The highest BCUT2D eigenvalue weighted by molar-refractivity contribution is 5.83. The van der Waals surface area contributed by atoms with Crippen molar-refractivity contribution in [1.82, 2.24) is 4.90 Å². The van der Waals surface area contributed by atoms with E-state index in [0.29, 0.717) is 18.0 Å². The van der Waals surface area contributed by atoms with Gasteiger partial charge in [0.05, 0.1) is 13.0 Å². The highest BCUT2D eigenvalue weighted by atomic mass is 16.5. The van der Waals surface area contributed by atoms with Crippen LogP contribution in [0.1, 0.15) is 18.4 Å². The summed E-state index contributed by atoms with van der Waals surface area (Å²) >= 11 is 0. The summed E-state index contributed by atoms with van der Waals surface area (Å²) in [4.78, 5) is 26.1. The van der Waals surface area contributed by atoms with Crippen LogP contribution in [0, 0.1) is 5.92 Å². The van der Waals surface area contributed by atoms with E-state index in [9.17, 15) is 14.7 Å². The van der Waals surface area contributed by atoms with Crippen LogP contribution in [0.15, 0.2) is 54.6 Å². The molecule has 2 aromatic carbocycles. The fourth-order valence-electron chi connectivity index (χ4n) is 3.44. The van der Waals surface area contributed by atoms with Crippen LogP contribution in [0.2, 0.25) is 0 Å². The first-order valence-corrected chi connectivity index (χ1v) is 8.87. The third-order valence-corrected chi connectivity index (χ3v) is 4.90. The molecule has 0 aromatic heterocycles. The highest BCUT2D eigenvalue weighted by Gasteiger charge is 2.41. The van der Waals surface area contributed by atoms with E-state index < -0.39 is 18.0 Å². The van der Waals surface area contributed by atoms with Crippen molar-refractivity contribution in [2.45, 2.75) is 18.9 Å².